The van der Waals surface area contributed by atoms with Crippen LogP contribution in [0.15, 0.2) is 72.9 Å². The number of unbranched alkanes of at least 4 members (excludes halogenated alkanes) is 32. The number of hydrogen-bond donors (Lipinski definition) is 0. The van der Waals surface area contributed by atoms with Crippen LogP contribution in [0.2, 0.25) is 0 Å². The molecule has 0 saturated heterocycles. The molecule has 0 aliphatic carbocycles. The lowest BCUT2D eigenvalue weighted by atomic mass is 10.0. The lowest BCUT2D eigenvalue weighted by Gasteiger charge is -2.26. The first-order valence-electron chi connectivity index (χ1n) is 32.1. The molecule has 0 N–H and O–H groups in total. The average Bonchev–Trinajstić information content (AvgIpc) is 3.40. The van der Waals surface area contributed by atoms with Crippen LogP contribution >= 0.6 is 0 Å². The molecule has 0 aliphatic heterocycles. The molecule has 9 heteroatoms. The van der Waals surface area contributed by atoms with E-state index < -0.39 is 24.3 Å². The third-order valence-corrected chi connectivity index (χ3v) is 14.0. The van der Waals surface area contributed by atoms with Gasteiger partial charge in [-0.05, 0) is 64.2 Å². The molecule has 0 aromatic heterocycles. The van der Waals surface area contributed by atoms with E-state index in [0.717, 1.165) is 83.5 Å². The molecule has 2 unspecified atom stereocenters. The minimum absolute atomic E-state index is 0.140. The summed E-state index contributed by atoms with van der Waals surface area (Å²) in [6.45, 7) is 4.63. The van der Waals surface area contributed by atoms with Gasteiger partial charge in [-0.15, -0.1) is 0 Å². The molecular formula is C68H121NO8. The van der Waals surface area contributed by atoms with Crippen molar-refractivity contribution >= 4 is 17.9 Å². The second kappa shape index (κ2) is 58.9. The van der Waals surface area contributed by atoms with Gasteiger partial charge in [0, 0.05) is 12.8 Å². The number of carbonyl (C=O) groups is 3. The van der Waals surface area contributed by atoms with Crippen LogP contribution in [0.4, 0.5) is 0 Å². The Bertz CT molecular complexity index is 1490. The van der Waals surface area contributed by atoms with Crippen molar-refractivity contribution in [3.05, 3.63) is 72.9 Å². The summed E-state index contributed by atoms with van der Waals surface area (Å²) in [7, 11) is 5.92. The quantitative estimate of drug-likeness (QED) is 0.0195. The van der Waals surface area contributed by atoms with Gasteiger partial charge in [-0.1, -0.05) is 279 Å². The van der Waals surface area contributed by atoms with E-state index in [2.05, 4.69) is 86.8 Å². The van der Waals surface area contributed by atoms with E-state index in [1.807, 2.05) is 21.1 Å². The number of nitrogens with zero attached hydrogens (tertiary/aromatic N) is 1. The van der Waals surface area contributed by atoms with E-state index in [4.69, 9.17) is 18.9 Å². The number of carboxylic acids is 1. The van der Waals surface area contributed by atoms with Gasteiger partial charge in [0.15, 0.2) is 12.4 Å². The molecule has 0 aromatic carbocycles. The summed E-state index contributed by atoms with van der Waals surface area (Å²) < 4.78 is 22.7. The molecule has 0 spiro atoms. The molecule has 0 aromatic rings. The molecule has 0 aliphatic rings. The van der Waals surface area contributed by atoms with Gasteiger partial charge >= 0.3 is 11.9 Å². The Morgan fingerprint density at radius 1 is 0.403 bits per heavy atom. The number of aliphatic carboxylic acids is 1. The Morgan fingerprint density at radius 2 is 0.740 bits per heavy atom. The molecule has 0 radical (unpaired) electrons. The first-order valence-corrected chi connectivity index (χ1v) is 32.1. The zero-order valence-corrected chi connectivity index (χ0v) is 50.8. The van der Waals surface area contributed by atoms with Crippen molar-refractivity contribution in [2.75, 3.05) is 47.5 Å². The van der Waals surface area contributed by atoms with Crippen molar-refractivity contribution in [1.82, 2.24) is 0 Å². The maximum absolute atomic E-state index is 12.9. The van der Waals surface area contributed by atoms with Gasteiger partial charge in [0.25, 0.3) is 0 Å². The van der Waals surface area contributed by atoms with Crippen LogP contribution in [-0.4, -0.2) is 82.3 Å². The number of hydrogen-bond acceptors (Lipinski definition) is 8. The van der Waals surface area contributed by atoms with Crippen LogP contribution in [0.3, 0.4) is 0 Å². The van der Waals surface area contributed by atoms with Gasteiger partial charge in [0.2, 0.25) is 0 Å². The van der Waals surface area contributed by atoms with E-state index in [1.165, 1.54) is 167 Å². The van der Waals surface area contributed by atoms with Crippen molar-refractivity contribution in [1.29, 1.82) is 0 Å². The number of carbonyl (C=O) groups excluding carboxylic acids is 3. The largest absolute Gasteiger partial charge is 0.545 e. The number of rotatable bonds is 59. The fourth-order valence-electron chi connectivity index (χ4n) is 9.07. The first-order chi connectivity index (χ1) is 37.6. The normalized spacial score (nSPS) is 13.2. The summed E-state index contributed by atoms with van der Waals surface area (Å²) in [5, 5.41) is 11.8. The van der Waals surface area contributed by atoms with Gasteiger partial charge in [0.1, 0.15) is 13.2 Å². The first kappa shape index (κ1) is 73.7. The number of esters is 2. The molecule has 0 heterocycles. The highest BCUT2D eigenvalue weighted by Crippen LogP contribution is 2.18. The Balaban J connectivity index is 4.18. The molecule has 9 nitrogen and oxygen atoms in total. The van der Waals surface area contributed by atoms with Gasteiger partial charge in [0.05, 0.1) is 40.3 Å². The number of likely N-dealkylation sites (N-methyl/N-ethyl adjacent to an activating group) is 1. The van der Waals surface area contributed by atoms with Crippen LogP contribution in [-0.2, 0) is 33.3 Å². The third-order valence-electron chi connectivity index (χ3n) is 14.0. The predicted octanol–water partition coefficient (Wildman–Crippen LogP) is 18.0. The van der Waals surface area contributed by atoms with Gasteiger partial charge in [-0.25, -0.2) is 0 Å². The molecule has 77 heavy (non-hydrogen) atoms. The van der Waals surface area contributed by atoms with E-state index in [9.17, 15) is 19.5 Å². The number of carboxylic acid groups (broad SMARTS) is 1. The van der Waals surface area contributed by atoms with Gasteiger partial charge < -0.3 is 33.3 Å². The fraction of sp³-hybridized carbons (Fsp3) is 0.779. The second-order valence-electron chi connectivity index (χ2n) is 22.7. The minimum atomic E-state index is -1.63. The molecular weight excluding hydrogens is 959 g/mol. The highest BCUT2D eigenvalue weighted by molar-refractivity contribution is 5.70. The summed E-state index contributed by atoms with van der Waals surface area (Å²) in [6.07, 6.45) is 74.0. The molecule has 446 valence electrons. The summed E-state index contributed by atoms with van der Waals surface area (Å²) in [4.78, 5) is 37.4. The Hall–Kier alpha value is -3.27. The van der Waals surface area contributed by atoms with Crippen molar-refractivity contribution in [2.24, 2.45) is 0 Å². The lowest BCUT2D eigenvalue weighted by molar-refractivity contribution is -0.870. The van der Waals surface area contributed by atoms with E-state index >= 15 is 0 Å². The van der Waals surface area contributed by atoms with Crippen molar-refractivity contribution < 1.29 is 42.9 Å². The molecule has 2 atom stereocenters. The van der Waals surface area contributed by atoms with Crippen molar-refractivity contribution in [3.63, 3.8) is 0 Å². The maximum Gasteiger partial charge on any atom is 0.306 e. The highest BCUT2D eigenvalue weighted by atomic mass is 16.7. The Morgan fingerprint density at radius 3 is 1.10 bits per heavy atom. The second-order valence-corrected chi connectivity index (χ2v) is 22.7. The smallest absolute Gasteiger partial charge is 0.306 e. The molecule has 0 amide bonds. The lowest BCUT2D eigenvalue weighted by Crippen LogP contribution is -2.44. The summed E-state index contributed by atoms with van der Waals surface area (Å²) in [6, 6.07) is 0. The number of allylic oxidation sites excluding steroid dienone is 12. The molecule has 0 saturated carbocycles. The maximum atomic E-state index is 12.9. The number of ether oxygens (including phenoxy) is 4. The molecule has 0 rings (SSSR count). The standard InChI is InChI=1S/C68H121NO8/c1-6-8-10-12-14-16-18-20-22-24-26-28-30-31-32-33-34-35-37-38-40-42-44-46-48-50-52-54-56-58-65(70)75-62-64(63-76-68(67(72)73)74-61-60-69(3,4)5)77-66(71)59-57-55-53-51-49-47-45-43-41-39-36-29-27-25-23-21-19-17-15-13-11-9-7-2/h9,11,15,17,21,23,27,29,39,41,45,47,64,68H,6-8,10,12-14,16,18-20,22,24-26,28,30-38,40,42-44,46,48-63H2,1-5H3/b11-9-,17-15-,23-21-,29-27-,41-39-,47-45-. The third kappa shape index (κ3) is 60.2. The average molecular weight is 1080 g/mol. The topological polar surface area (TPSA) is 111 Å². The Labute approximate surface area is 475 Å². The van der Waals surface area contributed by atoms with Crippen LogP contribution in [0, 0.1) is 0 Å². The molecule has 0 fully saturated rings. The van der Waals surface area contributed by atoms with Crippen LogP contribution < -0.4 is 5.11 Å². The van der Waals surface area contributed by atoms with Gasteiger partial charge in [-0.3, -0.25) is 9.59 Å². The minimum Gasteiger partial charge on any atom is -0.545 e. The summed E-state index contributed by atoms with van der Waals surface area (Å²) in [5.74, 6) is -2.31. The van der Waals surface area contributed by atoms with E-state index in [0.29, 0.717) is 17.4 Å². The van der Waals surface area contributed by atoms with Crippen LogP contribution in [0.5, 0.6) is 0 Å². The van der Waals surface area contributed by atoms with Crippen LogP contribution in [0.25, 0.3) is 0 Å². The monoisotopic (exact) mass is 1080 g/mol. The highest BCUT2D eigenvalue weighted by Gasteiger charge is 2.22. The predicted molar refractivity (Wildman–Crippen MR) is 325 cm³/mol. The SMILES string of the molecule is CC/C=C\C/C=C\C/C=C\C/C=C\C/C=C\C/C=C\CCCCCCC(=O)OC(COC(=O)CCCCCCCCCCCCCCCCCCCCCCCCCCCCCCC)COC(OCC[N+](C)(C)C)C(=O)[O-]. The van der Waals surface area contributed by atoms with E-state index in [-0.39, 0.29) is 38.6 Å². The van der Waals surface area contributed by atoms with Crippen molar-refractivity contribution in [2.45, 2.75) is 296 Å². The van der Waals surface area contributed by atoms with Crippen LogP contribution in [0.1, 0.15) is 284 Å². The number of quaternary nitrogens is 1. The fourth-order valence-corrected chi connectivity index (χ4v) is 9.07. The molecule has 0 bridgehead atoms. The zero-order chi connectivity index (χ0) is 56.2. The van der Waals surface area contributed by atoms with Gasteiger partial charge in [-0.2, -0.15) is 0 Å². The van der Waals surface area contributed by atoms with E-state index in [1.54, 1.807) is 0 Å². The zero-order valence-electron chi connectivity index (χ0n) is 50.8. The van der Waals surface area contributed by atoms with Crippen molar-refractivity contribution in [3.8, 4) is 0 Å². The summed E-state index contributed by atoms with van der Waals surface area (Å²) >= 11 is 0. The summed E-state index contributed by atoms with van der Waals surface area (Å²) in [5.41, 5.74) is 0. The Kier molecular flexibility index (Phi) is 56.4.